The van der Waals surface area contributed by atoms with E-state index in [1.807, 2.05) is 19.9 Å². The molecule has 0 aromatic heterocycles. The van der Waals surface area contributed by atoms with Crippen LogP contribution >= 0.6 is 0 Å². The predicted molar refractivity (Wildman–Crippen MR) is 107 cm³/mol. The van der Waals surface area contributed by atoms with Gasteiger partial charge in [0.15, 0.2) is 0 Å². The number of esters is 1. The van der Waals surface area contributed by atoms with Crippen molar-refractivity contribution in [1.29, 1.82) is 0 Å². The maximum absolute atomic E-state index is 13.2. The van der Waals surface area contributed by atoms with E-state index in [0.29, 0.717) is 17.0 Å². The molecule has 1 N–H and O–H groups in total. The summed E-state index contributed by atoms with van der Waals surface area (Å²) in [5, 5.41) is 26.4. The third kappa shape index (κ3) is 3.94. The minimum Gasteiger partial charge on any atom is -0.868 e. The van der Waals surface area contributed by atoms with E-state index in [1.54, 1.807) is 20.8 Å². The molecule has 3 rings (SSSR count). The van der Waals surface area contributed by atoms with Crippen LogP contribution in [-0.4, -0.2) is 22.8 Å². The van der Waals surface area contributed by atoms with Gasteiger partial charge in [-0.3, -0.25) is 14.9 Å². The summed E-state index contributed by atoms with van der Waals surface area (Å²) >= 11 is 0. The molecule has 1 aliphatic heterocycles. The second kappa shape index (κ2) is 7.59. The van der Waals surface area contributed by atoms with E-state index in [-0.39, 0.29) is 29.3 Å². The number of Topliss-reactive ketones (excluding diaryl/α,β-unsaturated/α-hetero) is 1. The smallest absolute Gasteiger partial charge is 0.336 e. The monoisotopic (exact) mass is 413 g/mol. The van der Waals surface area contributed by atoms with Crippen LogP contribution < -0.4 is 10.4 Å². The second-order valence-electron chi connectivity index (χ2n) is 8.79. The zero-order valence-electron chi connectivity index (χ0n) is 17.6. The van der Waals surface area contributed by atoms with E-state index in [9.17, 15) is 24.8 Å². The zero-order valence-corrected chi connectivity index (χ0v) is 17.6. The lowest BCUT2D eigenvalue weighted by Crippen LogP contribution is -2.43. The highest BCUT2D eigenvalue weighted by Gasteiger charge is 2.46. The molecule has 0 saturated carbocycles. The number of hydrogen-bond donors (Lipinski definition) is 1. The summed E-state index contributed by atoms with van der Waals surface area (Å²) < 4.78 is 5.41. The van der Waals surface area contributed by atoms with Crippen LogP contribution in [0.4, 0.5) is 5.69 Å². The van der Waals surface area contributed by atoms with E-state index >= 15 is 0 Å². The Hall–Kier alpha value is -3.16. The lowest BCUT2D eigenvalue weighted by Gasteiger charge is -2.41. The lowest BCUT2D eigenvalue weighted by atomic mass is 9.66. The number of carbonyl (C=O) groups excluding carboxylic acids is 2. The summed E-state index contributed by atoms with van der Waals surface area (Å²) in [4.78, 5) is 36.7. The van der Waals surface area contributed by atoms with Crippen molar-refractivity contribution < 1.29 is 24.4 Å². The number of nitrogens with one attached hydrogen (secondary N) is 1. The van der Waals surface area contributed by atoms with Crippen molar-refractivity contribution in [2.24, 2.45) is 11.3 Å². The summed E-state index contributed by atoms with van der Waals surface area (Å²) in [6.07, 6.45) is 1.86. The Morgan fingerprint density at radius 1 is 1.30 bits per heavy atom. The van der Waals surface area contributed by atoms with Crippen LogP contribution in [0.2, 0.25) is 0 Å². The molecule has 0 fully saturated rings. The van der Waals surface area contributed by atoms with Crippen LogP contribution in [0.15, 0.2) is 41.2 Å². The average molecular weight is 413 g/mol. The van der Waals surface area contributed by atoms with E-state index in [2.05, 4.69) is 5.32 Å². The zero-order chi connectivity index (χ0) is 22.4. The maximum atomic E-state index is 13.2. The number of benzene rings is 1. The number of rotatable bonds is 4. The number of hydrogen-bond acceptors (Lipinski definition) is 7. The number of nitro benzene ring substituents is 1. The Balaban J connectivity index is 2.24. The van der Waals surface area contributed by atoms with Gasteiger partial charge in [0.1, 0.15) is 5.78 Å². The van der Waals surface area contributed by atoms with E-state index in [1.165, 1.54) is 12.1 Å². The molecular formula is C22H25N2O6-. The lowest BCUT2D eigenvalue weighted by molar-refractivity contribution is -0.398. The number of ketones is 1. The average Bonchev–Trinajstić information content (AvgIpc) is 2.58. The SMILES string of the molecule is CC1=C(C(=O)OC(C)C)C(c2ccc([O-])c([N+](=O)[O-])c2)C2C(=O)CC(C)(C)C=C2N1. The second-order valence-corrected chi connectivity index (χ2v) is 8.79. The van der Waals surface area contributed by atoms with Gasteiger partial charge in [-0.15, -0.1) is 0 Å². The van der Waals surface area contributed by atoms with E-state index < -0.39 is 34.2 Å². The molecule has 1 aliphatic carbocycles. The van der Waals surface area contributed by atoms with Crippen molar-refractivity contribution in [1.82, 2.24) is 5.32 Å². The van der Waals surface area contributed by atoms with E-state index in [4.69, 9.17) is 4.74 Å². The molecule has 2 atom stereocenters. The summed E-state index contributed by atoms with van der Waals surface area (Å²) in [6, 6.07) is 3.72. The maximum Gasteiger partial charge on any atom is 0.336 e. The van der Waals surface area contributed by atoms with Crippen LogP contribution in [0.25, 0.3) is 0 Å². The molecule has 0 radical (unpaired) electrons. The molecule has 1 heterocycles. The first-order valence-electron chi connectivity index (χ1n) is 9.81. The summed E-state index contributed by atoms with van der Waals surface area (Å²) in [6.45, 7) is 9.04. The van der Waals surface area contributed by atoms with Gasteiger partial charge in [0.2, 0.25) is 0 Å². The first-order chi connectivity index (χ1) is 13.9. The summed E-state index contributed by atoms with van der Waals surface area (Å²) in [5.74, 6) is -2.89. The Morgan fingerprint density at radius 3 is 2.57 bits per heavy atom. The number of nitrogens with zero attached hydrogens (tertiary/aromatic N) is 1. The van der Waals surface area contributed by atoms with Crippen LogP contribution in [0.1, 0.15) is 52.5 Å². The van der Waals surface area contributed by atoms with Gasteiger partial charge < -0.3 is 15.2 Å². The molecule has 2 unspecified atom stereocenters. The molecule has 8 heteroatoms. The van der Waals surface area contributed by atoms with Crippen LogP contribution in [0.3, 0.4) is 0 Å². The highest BCUT2D eigenvalue weighted by molar-refractivity contribution is 5.96. The van der Waals surface area contributed by atoms with Gasteiger partial charge in [-0.25, -0.2) is 4.79 Å². The van der Waals surface area contributed by atoms with Gasteiger partial charge in [-0.1, -0.05) is 32.1 Å². The summed E-state index contributed by atoms with van der Waals surface area (Å²) in [7, 11) is 0. The molecule has 1 aromatic rings. The Bertz CT molecular complexity index is 989. The molecule has 2 aliphatic rings. The molecule has 0 amide bonds. The first kappa shape index (κ1) is 21.5. The van der Waals surface area contributed by atoms with Crippen LogP contribution in [0, 0.1) is 21.4 Å². The van der Waals surface area contributed by atoms with Crippen molar-refractivity contribution in [2.75, 3.05) is 0 Å². The minimum absolute atomic E-state index is 0.0776. The highest BCUT2D eigenvalue weighted by atomic mass is 16.6. The highest BCUT2D eigenvalue weighted by Crippen LogP contribution is 2.47. The molecular weight excluding hydrogens is 388 g/mol. The molecule has 0 saturated heterocycles. The number of nitro groups is 1. The Kier molecular flexibility index (Phi) is 5.45. The third-order valence-corrected chi connectivity index (χ3v) is 5.34. The van der Waals surface area contributed by atoms with Crippen LogP contribution in [-0.2, 0) is 14.3 Å². The Labute approximate surface area is 174 Å². The minimum atomic E-state index is -0.786. The van der Waals surface area contributed by atoms with Gasteiger partial charge >= 0.3 is 5.97 Å². The van der Waals surface area contributed by atoms with Gasteiger partial charge in [-0.2, -0.15) is 0 Å². The fourth-order valence-electron chi connectivity index (χ4n) is 4.24. The fourth-order valence-corrected chi connectivity index (χ4v) is 4.24. The molecule has 0 spiro atoms. The standard InChI is InChI=1S/C22H26N2O6/c1-11(2)30-21(27)18-12(3)23-14-9-22(4,5)10-17(26)20(14)19(18)13-6-7-16(25)15(8-13)24(28)29/h6-9,11,19-20,23,25H,10H2,1-5H3/p-1. The number of carbonyl (C=O) groups is 2. The van der Waals surface area contributed by atoms with Gasteiger partial charge in [-0.05, 0) is 37.5 Å². The van der Waals surface area contributed by atoms with Crippen molar-refractivity contribution in [3.05, 3.63) is 56.9 Å². The van der Waals surface area contributed by atoms with Gasteiger partial charge in [0.25, 0.3) is 5.69 Å². The van der Waals surface area contributed by atoms with Gasteiger partial charge in [0, 0.05) is 29.8 Å². The van der Waals surface area contributed by atoms with Crippen molar-refractivity contribution in [3.8, 4) is 5.75 Å². The molecule has 30 heavy (non-hydrogen) atoms. The molecule has 1 aromatic carbocycles. The largest absolute Gasteiger partial charge is 0.868 e. The first-order valence-corrected chi connectivity index (χ1v) is 9.81. The molecule has 160 valence electrons. The molecule has 8 nitrogen and oxygen atoms in total. The van der Waals surface area contributed by atoms with Crippen molar-refractivity contribution in [2.45, 2.75) is 53.1 Å². The Morgan fingerprint density at radius 2 is 1.97 bits per heavy atom. The predicted octanol–water partition coefficient (Wildman–Crippen LogP) is 3.08. The number of fused-ring (bicyclic) bond motifs is 1. The van der Waals surface area contributed by atoms with Gasteiger partial charge in [0.05, 0.1) is 22.5 Å². The van der Waals surface area contributed by atoms with Crippen molar-refractivity contribution in [3.63, 3.8) is 0 Å². The quantitative estimate of drug-likeness (QED) is 0.457. The number of allylic oxidation sites excluding steroid dienone is 3. The van der Waals surface area contributed by atoms with Crippen molar-refractivity contribution >= 4 is 17.4 Å². The third-order valence-electron chi connectivity index (χ3n) is 5.34. The fraction of sp³-hybridized carbons (Fsp3) is 0.455. The number of ether oxygens (including phenoxy) is 1. The summed E-state index contributed by atoms with van der Waals surface area (Å²) in [5.41, 5.74) is 0.839. The molecule has 0 bridgehead atoms. The van der Waals surface area contributed by atoms with Crippen LogP contribution in [0.5, 0.6) is 5.75 Å². The topological polar surface area (TPSA) is 122 Å². The normalized spacial score (nSPS) is 22.9. The van der Waals surface area contributed by atoms with E-state index in [0.717, 1.165) is 6.07 Å².